The van der Waals surface area contributed by atoms with E-state index in [1.165, 1.54) is 34.2 Å². The van der Waals surface area contributed by atoms with Gasteiger partial charge in [-0.3, -0.25) is 9.59 Å². The Morgan fingerprint density at radius 3 is 2.74 bits per heavy atom. The van der Waals surface area contributed by atoms with Crippen molar-refractivity contribution in [2.24, 2.45) is 0 Å². The molecule has 0 radical (unpaired) electrons. The Bertz CT molecular complexity index is 821. The molecular weight excluding hydrogens is 386 g/mol. The van der Waals surface area contributed by atoms with Crippen LogP contribution in [-0.2, 0) is 37.0 Å². The Balaban J connectivity index is 1.44. The first-order valence-electron chi connectivity index (χ1n) is 9.28. The summed E-state index contributed by atoms with van der Waals surface area (Å²) in [6.45, 7) is 1.86. The van der Waals surface area contributed by atoms with E-state index < -0.39 is 15.8 Å². The predicted octanol–water partition coefficient (Wildman–Crippen LogP) is 1.85. The summed E-state index contributed by atoms with van der Waals surface area (Å²) in [5.74, 6) is -0.525. The number of ether oxygens (including phenoxy) is 1. The minimum Gasteiger partial charge on any atom is -0.455 e. The van der Waals surface area contributed by atoms with Crippen molar-refractivity contribution in [3.05, 3.63) is 29.3 Å². The first-order valence-corrected chi connectivity index (χ1v) is 12.1. The van der Waals surface area contributed by atoms with Gasteiger partial charge in [0.15, 0.2) is 16.4 Å². The Morgan fingerprint density at radius 2 is 2.04 bits per heavy atom. The molecule has 6 nitrogen and oxygen atoms in total. The molecular formula is C19H25NO5S2. The molecule has 0 bridgehead atoms. The molecule has 0 spiro atoms. The van der Waals surface area contributed by atoms with Crippen molar-refractivity contribution in [3.8, 4) is 0 Å². The summed E-state index contributed by atoms with van der Waals surface area (Å²) in [7, 11) is -3.06. The monoisotopic (exact) mass is 411 g/mol. The maximum atomic E-state index is 12.3. The molecule has 3 rings (SSSR count). The van der Waals surface area contributed by atoms with Crippen LogP contribution in [0.1, 0.15) is 30.9 Å². The van der Waals surface area contributed by atoms with Crippen molar-refractivity contribution < 1.29 is 22.7 Å². The SMILES string of the molecule is CCN(C(=O)COC(=O)CSc1ccc2c(c1)CCC2)[C@H]1CCS(=O)(=O)C1. The van der Waals surface area contributed by atoms with Gasteiger partial charge < -0.3 is 9.64 Å². The molecule has 0 unspecified atom stereocenters. The predicted molar refractivity (Wildman–Crippen MR) is 105 cm³/mol. The number of aryl methyl sites for hydroxylation is 2. The normalized spacial score (nSPS) is 20.3. The molecule has 148 valence electrons. The fourth-order valence-corrected chi connectivity index (χ4v) is 6.19. The number of sulfone groups is 1. The van der Waals surface area contributed by atoms with Gasteiger partial charge in [-0.1, -0.05) is 6.07 Å². The summed E-state index contributed by atoms with van der Waals surface area (Å²) < 4.78 is 28.3. The number of nitrogens with zero attached hydrogens (tertiary/aromatic N) is 1. The van der Waals surface area contributed by atoms with Gasteiger partial charge in [-0.2, -0.15) is 0 Å². The molecule has 1 atom stereocenters. The lowest BCUT2D eigenvalue weighted by molar-refractivity contribution is -0.150. The van der Waals surface area contributed by atoms with Crippen LogP contribution < -0.4 is 0 Å². The number of rotatable bonds is 7. The summed E-state index contributed by atoms with van der Waals surface area (Å²) >= 11 is 1.41. The molecule has 27 heavy (non-hydrogen) atoms. The number of thioether (sulfide) groups is 1. The zero-order valence-electron chi connectivity index (χ0n) is 15.5. The zero-order chi connectivity index (χ0) is 19.4. The quantitative estimate of drug-likeness (QED) is 0.503. The van der Waals surface area contributed by atoms with E-state index in [2.05, 4.69) is 12.1 Å². The number of esters is 1. The summed E-state index contributed by atoms with van der Waals surface area (Å²) in [6.07, 6.45) is 3.85. The van der Waals surface area contributed by atoms with Crippen molar-refractivity contribution in [1.29, 1.82) is 0 Å². The molecule has 1 heterocycles. The molecule has 1 saturated heterocycles. The van der Waals surface area contributed by atoms with E-state index in [9.17, 15) is 18.0 Å². The number of likely N-dealkylation sites (N-methyl/N-ethyl adjacent to an activating group) is 1. The van der Waals surface area contributed by atoms with Crippen LogP contribution in [0.3, 0.4) is 0 Å². The Kier molecular flexibility index (Phi) is 6.47. The molecule has 2 aliphatic rings. The van der Waals surface area contributed by atoms with Gasteiger partial charge in [0.1, 0.15) is 0 Å². The highest BCUT2D eigenvalue weighted by Gasteiger charge is 2.34. The summed E-state index contributed by atoms with van der Waals surface area (Å²) in [6, 6.07) is 5.96. The second kappa shape index (κ2) is 8.65. The van der Waals surface area contributed by atoms with Crippen LogP contribution in [0, 0.1) is 0 Å². The first kappa shape index (κ1) is 20.2. The van der Waals surface area contributed by atoms with Crippen molar-refractivity contribution in [2.75, 3.05) is 30.4 Å². The largest absolute Gasteiger partial charge is 0.455 e. The average molecular weight is 412 g/mol. The van der Waals surface area contributed by atoms with Gasteiger partial charge in [0.2, 0.25) is 0 Å². The van der Waals surface area contributed by atoms with Crippen LogP contribution in [0.5, 0.6) is 0 Å². The van der Waals surface area contributed by atoms with Crippen molar-refractivity contribution >= 4 is 33.5 Å². The lowest BCUT2D eigenvalue weighted by Gasteiger charge is -2.26. The minimum absolute atomic E-state index is 0.00525. The molecule has 1 aliphatic carbocycles. The highest BCUT2D eigenvalue weighted by Crippen LogP contribution is 2.27. The molecule has 8 heteroatoms. The van der Waals surface area contributed by atoms with Gasteiger partial charge in [0, 0.05) is 17.5 Å². The lowest BCUT2D eigenvalue weighted by atomic mass is 10.1. The Labute approximate surface area is 164 Å². The van der Waals surface area contributed by atoms with Crippen LogP contribution in [0.15, 0.2) is 23.1 Å². The van der Waals surface area contributed by atoms with Crippen LogP contribution in [0.4, 0.5) is 0 Å². The van der Waals surface area contributed by atoms with E-state index in [0.717, 1.165) is 17.7 Å². The number of hydrogen-bond donors (Lipinski definition) is 0. The summed E-state index contributed by atoms with van der Waals surface area (Å²) in [5.41, 5.74) is 2.75. The number of carbonyl (C=O) groups is 2. The first-order chi connectivity index (χ1) is 12.9. The molecule has 1 amide bonds. The summed E-state index contributed by atoms with van der Waals surface area (Å²) in [5, 5.41) is 0. The number of benzene rings is 1. The molecule has 0 N–H and O–H groups in total. The third-order valence-corrected chi connectivity index (χ3v) is 7.81. The van der Waals surface area contributed by atoms with E-state index in [-0.39, 0.29) is 35.8 Å². The van der Waals surface area contributed by atoms with Crippen LogP contribution in [0.2, 0.25) is 0 Å². The van der Waals surface area contributed by atoms with E-state index in [1.807, 2.05) is 6.07 Å². The van der Waals surface area contributed by atoms with Crippen LogP contribution >= 0.6 is 11.8 Å². The number of hydrogen-bond acceptors (Lipinski definition) is 6. The van der Waals surface area contributed by atoms with Gasteiger partial charge in [-0.25, -0.2) is 8.42 Å². The Morgan fingerprint density at radius 1 is 1.26 bits per heavy atom. The highest BCUT2D eigenvalue weighted by molar-refractivity contribution is 8.00. The van der Waals surface area contributed by atoms with E-state index >= 15 is 0 Å². The van der Waals surface area contributed by atoms with Crippen LogP contribution in [0.25, 0.3) is 0 Å². The number of carbonyl (C=O) groups excluding carboxylic acids is 2. The van der Waals surface area contributed by atoms with E-state index in [1.54, 1.807) is 6.92 Å². The topological polar surface area (TPSA) is 80.8 Å². The van der Waals surface area contributed by atoms with Gasteiger partial charge >= 0.3 is 5.97 Å². The van der Waals surface area contributed by atoms with Gasteiger partial charge in [-0.05, 0) is 55.9 Å². The third-order valence-electron chi connectivity index (χ3n) is 5.09. The second-order valence-electron chi connectivity index (χ2n) is 6.97. The fraction of sp³-hybridized carbons (Fsp3) is 0.579. The van der Waals surface area contributed by atoms with Crippen LogP contribution in [-0.4, -0.2) is 61.6 Å². The van der Waals surface area contributed by atoms with E-state index in [4.69, 9.17) is 4.74 Å². The molecule has 0 saturated carbocycles. The van der Waals surface area contributed by atoms with Crippen molar-refractivity contribution in [2.45, 2.75) is 43.5 Å². The second-order valence-corrected chi connectivity index (χ2v) is 10.2. The number of amides is 1. The molecule has 1 aliphatic heterocycles. The van der Waals surface area contributed by atoms with E-state index in [0.29, 0.717) is 13.0 Å². The molecule has 0 aromatic heterocycles. The van der Waals surface area contributed by atoms with Gasteiger partial charge in [-0.15, -0.1) is 11.8 Å². The van der Waals surface area contributed by atoms with Crippen molar-refractivity contribution in [1.82, 2.24) is 4.90 Å². The molecule has 1 aromatic carbocycles. The standard InChI is InChI=1S/C19H25NO5S2/c1-2-20(16-8-9-27(23,24)13-16)18(21)11-25-19(22)12-26-17-7-6-14-4-3-5-15(14)10-17/h6-7,10,16H,2-5,8-9,11-13H2,1H3/t16-/m0/s1. The molecule has 1 aromatic rings. The van der Waals surface area contributed by atoms with Gasteiger partial charge in [0.25, 0.3) is 5.91 Å². The van der Waals surface area contributed by atoms with Crippen molar-refractivity contribution in [3.63, 3.8) is 0 Å². The fourth-order valence-electron chi connectivity index (χ4n) is 3.71. The maximum absolute atomic E-state index is 12.3. The smallest absolute Gasteiger partial charge is 0.316 e. The van der Waals surface area contributed by atoms with Gasteiger partial charge in [0.05, 0.1) is 17.3 Å². The molecule has 1 fully saturated rings. The zero-order valence-corrected chi connectivity index (χ0v) is 17.1. The lowest BCUT2D eigenvalue weighted by Crippen LogP contribution is -2.43. The summed E-state index contributed by atoms with van der Waals surface area (Å²) in [4.78, 5) is 26.8. The maximum Gasteiger partial charge on any atom is 0.316 e. The average Bonchev–Trinajstić information content (AvgIpc) is 3.24. The third kappa shape index (κ3) is 5.25. The highest BCUT2D eigenvalue weighted by atomic mass is 32.2. The Hall–Kier alpha value is -1.54. The minimum atomic E-state index is -3.06. The number of fused-ring (bicyclic) bond motifs is 1.